The zero-order valence-electron chi connectivity index (χ0n) is 18.9. The Kier molecular flexibility index (Phi) is 6.05. The van der Waals surface area contributed by atoms with E-state index in [4.69, 9.17) is 0 Å². The Bertz CT molecular complexity index is 926. The third-order valence-electron chi connectivity index (χ3n) is 6.42. The van der Waals surface area contributed by atoms with E-state index in [1.807, 2.05) is 30.2 Å². The van der Waals surface area contributed by atoms with Gasteiger partial charge in [-0.25, -0.2) is 4.98 Å². The van der Waals surface area contributed by atoms with Gasteiger partial charge < -0.3 is 14.4 Å². The van der Waals surface area contributed by atoms with E-state index in [2.05, 4.69) is 34.0 Å². The molecule has 0 saturated carbocycles. The maximum atomic E-state index is 14.1. The van der Waals surface area contributed by atoms with Crippen LogP contribution in [0.25, 0.3) is 0 Å². The van der Waals surface area contributed by atoms with Crippen molar-refractivity contribution in [2.24, 2.45) is 0 Å². The van der Waals surface area contributed by atoms with Crippen molar-refractivity contribution in [3.8, 4) is 0 Å². The zero-order chi connectivity index (χ0) is 22.3. The van der Waals surface area contributed by atoms with E-state index in [9.17, 15) is 13.2 Å². The monoisotopic (exact) mass is 435 g/mol. The second-order valence-electron chi connectivity index (χ2n) is 9.04. The predicted octanol–water partition coefficient (Wildman–Crippen LogP) is 4.51. The van der Waals surface area contributed by atoms with Crippen molar-refractivity contribution in [1.82, 2.24) is 19.4 Å². The van der Waals surface area contributed by atoms with Gasteiger partial charge in [-0.15, -0.1) is 0 Å². The molecule has 5 nitrogen and oxygen atoms in total. The van der Waals surface area contributed by atoms with Crippen LogP contribution in [0.15, 0.2) is 12.1 Å². The number of hydrogen-bond donors (Lipinski definition) is 0. The number of aromatic nitrogens is 2. The first-order valence-electron chi connectivity index (χ1n) is 11.1. The maximum absolute atomic E-state index is 14.1. The zero-order valence-corrected chi connectivity index (χ0v) is 18.9. The first-order chi connectivity index (χ1) is 14.6. The molecule has 2 aliphatic heterocycles. The van der Waals surface area contributed by atoms with Crippen LogP contribution in [0.2, 0.25) is 0 Å². The average molecular weight is 436 g/mol. The summed E-state index contributed by atoms with van der Waals surface area (Å²) in [6.45, 7) is 11.1. The molecule has 0 atom stereocenters. The molecule has 170 valence electrons. The standard InChI is InChI=1S/C23H32F3N5/c1-16-13-17(2)20(18(3)14-16)31-10-6-9-30-19(21(23(24,25)26)27-22(30)31)15-29-8-5-7-28(4)11-12-29/h13-14H,5-12,15H2,1-4H3. The van der Waals surface area contributed by atoms with Crippen LogP contribution >= 0.6 is 0 Å². The molecule has 0 spiro atoms. The molecule has 0 radical (unpaired) electrons. The summed E-state index contributed by atoms with van der Waals surface area (Å²) in [6.07, 6.45) is -2.71. The average Bonchev–Trinajstić information content (AvgIpc) is 2.92. The van der Waals surface area contributed by atoms with E-state index in [0.29, 0.717) is 24.7 Å². The third kappa shape index (κ3) is 4.46. The van der Waals surface area contributed by atoms with Gasteiger partial charge in [-0.2, -0.15) is 13.2 Å². The number of hydrogen-bond acceptors (Lipinski definition) is 4. The largest absolute Gasteiger partial charge is 0.435 e. The van der Waals surface area contributed by atoms with Gasteiger partial charge in [-0.3, -0.25) is 4.90 Å². The Hall–Kier alpha value is -2.06. The molecule has 0 bridgehead atoms. The molecule has 0 N–H and O–H groups in total. The minimum atomic E-state index is -4.47. The number of halogens is 3. The molecule has 2 aromatic rings. The molecular formula is C23H32F3N5. The van der Waals surface area contributed by atoms with Crippen molar-refractivity contribution in [3.05, 3.63) is 40.2 Å². The van der Waals surface area contributed by atoms with E-state index < -0.39 is 11.9 Å². The minimum Gasteiger partial charge on any atom is -0.312 e. The number of rotatable bonds is 3. The number of alkyl halides is 3. The Labute approximate surface area is 182 Å². The Morgan fingerprint density at radius 2 is 1.58 bits per heavy atom. The Balaban J connectivity index is 1.76. The quantitative estimate of drug-likeness (QED) is 0.709. The number of aryl methyl sites for hydroxylation is 3. The van der Waals surface area contributed by atoms with Crippen molar-refractivity contribution in [2.75, 3.05) is 44.7 Å². The lowest BCUT2D eigenvalue weighted by Crippen LogP contribution is -2.33. The lowest BCUT2D eigenvalue weighted by atomic mass is 10.0. The van der Waals surface area contributed by atoms with Gasteiger partial charge in [0.2, 0.25) is 5.95 Å². The van der Waals surface area contributed by atoms with Gasteiger partial charge in [0.05, 0.1) is 5.69 Å². The molecular weight excluding hydrogens is 403 g/mol. The van der Waals surface area contributed by atoms with Crippen molar-refractivity contribution >= 4 is 11.6 Å². The number of fused-ring (bicyclic) bond motifs is 1. The molecule has 1 saturated heterocycles. The first-order valence-corrected chi connectivity index (χ1v) is 11.1. The van der Waals surface area contributed by atoms with Gasteiger partial charge >= 0.3 is 6.18 Å². The van der Waals surface area contributed by atoms with Crippen LogP contribution < -0.4 is 4.90 Å². The highest BCUT2D eigenvalue weighted by Crippen LogP contribution is 2.40. The van der Waals surface area contributed by atoms with Crippen molar-refractivity contribution < 1.29 is 13.2 Å². The van der Waals surface area contributed by atoms with Crippen LogP contribution in [-0.4, -0.2) is 59.1 Å². The molecule has 2 aliphatic rings. The summed E-state index contributed by atoms with van der Waals surface area (Å²) in [5.41, 5.74) is 3.85. The molecule has 31 heavy (non-hydrogen) atoms. The molecule has 3 heterocycles. The minimum absolute atomic E-state index is 0.287. The van der Waals surface area contributed by atoms with Crippen LogP contribution in [-0.2, 0) is 19.3 Å². The van der Waals surface area contributed by atoms with Gasteiger partial charge in [0.25, 0.3) is 0 Å². The summed E-state index contributed by atoms with van der Waals surface area (Å²) in [5, 5.41) is 0. The number of imidazole rings is 1. The normalized spacial score (nSPS) is 18.9. The number of benzene rings is 1. The number of nitrogens with zero attached hydrogens (tertiary/aromatic N) is 5. The fourth-order valence-corrected chi connectivity index (χ4v) is 5.07. The number of likely N-dealkylation sites (N-methyl/N-ethyl adjacent to an activating group) is 1. The van der Waals surface area contributed by atoms with Crippen LogP contribution in [0.3, 0.4) is 0 Å². The summed E-state index contributed by atoms with van der Waals surface area (Å²) in [4.78, 5) is 10.6. The number of anilines is 2. The molecule has 4 rings (SSSR count). The highest BCUT2D eigenvalue weighted by molar-refractivity contribution is 5.68. The van der Waals surface area contributed by atoms with E-state index >= 15 is 0 Å². The lowest BCUT2D eigenvalue weighted by molar-refractivity contribution is -0.141. The van der Waals surface area contributed by atoms with Crippen molar-refractivity contribution in [3.63, 3.8) is 0 Å². The van der Waals surface area contributed by atoms with Crippen LogP contribution in [0.4, 0.5) is 24.8 Å². The lowest BCUT2D eigenvalue weighted by Gasteiger charge is -2.32. The topological polar surface area (TPSA) is 27.5 Å². The van der Waals surface area contributed by atoms with Crippen LogP contribution in [0, 0.1) is 20.8 Å². The van der Waals surface area contributed by atoms with Crippen LogP contribution in [0.1, 0.15) is 40.9 Å². The SMILES string of the molecule is Cc1cc(C)c(N2CCCn3c2nc(C(F)(F)F)c3CN2CCCN(C)CC2)c(C)c1. The smallest absolute Gasteiger partial charge is 0.312 e. The van der Waals surface area contributed by atoms with Gasteiger partial charge in [0.15, 0.2) is 5.69 Å². The third-order valence-corrected chi connectivity index (χ3v) is 6.42. The molecule has 1 aromatic heterocycles. The van der Waals surface area contributed by atoms with Gasteiger partial charge in [-0.1, -0.05) is 17.7 Å². The van der Waals surface area contributed by atoms with Crippen molar-refractivity contribution in [2.45, 2.75) is 52.9 Å². The fourth-order valence-electron chi connectivity index (χ4n) is 5.07. The summed E-state index contributed by atoms with van der Waals surface area (Å²) in [5.74, 6) is 0.426. The van der Waals surface area contributed by atoms with E-state index in [-0.39, 0.29) is 6.54 Å². The van der Waals surface area contributed by atoms with Gasteiger partial charge in [0, 0.05) is 38.4 Å². The molecule has 0 amide bonds. The van der Waals surface area contributed by atoms with Crippen LogP contribution in [0.5, 0.6) is 0 Å². The summed E-state index contributed by atoms with van der Waals surface area (Å²) < 4.78 is 44.0. The van der Waals surface area contributed by atoms with Gasteiger partial charge in [-0.05, 0) is 64.9 Å². The summed E-state index contributed by atoms with van der Waals surface area (Å²) in [6, 6.07) is 4.17. The molecule has 0 aliphatic carbocycles. The molecule has 1 aromatic carbocycles. The molecule has 8 heteroatoms. The Morgan fingerprint density at radius 1 is 0.903 bits per heavy atom. The predicted molar refractivity (Wildman–Crippen MR) is 117 cm³/mol. The van der Waals surface area contributed by atoms with Crippen molar-refractivity contribution in [1.29, 1.82) is 0 Å². The highest BCUT2D eigenvalue weighted by Gasteiger charge is 2.41. The first kappa shape index (κ1) is 22.1. The highest BCUT2D eigenvalue weighted by atomic mass is 19.4. The molecule has 0 unspecified atom stereocenters. The molecule has 1 fully saturated rings. The second-order valence-corrected chi connectivity index (χ2v) is 9.04. The van der Waals surface area contributed by atoms with E-state index in [1.54, 1.807) is 0 Å². The van der Waals surface area contributed by atoms with Gasteiger partial charge in [0.1, 0.15) is 0 Å². The summed E-state index contributed by atoms with van der Waals surface area (Å²) in [7, 11) is 2.06. The van der Waals surface area contributed by atoms with E-state index in [0.717, 1.165) is 61.4 Å². The summed E-state index contributed by atoms with van der Waals surface area (Å²) >= 11 is 0. The second kappa shape index (κ2) is 8.47. The Morgan fingerprint density at radius 3 is 2.26 bits per heavy atom. The fraction of sp³-hybridized carbons (Fsp3) is 0.609. The van der Waals surface area contributed by atoms with E-state index in [1.165, 1.54) is 0 Å². The maximum Gasteiger partial charge on any atom is 0.435 e.